The van der Waals surface area contributed by atoms with Gasteiger partial charge in [0.25, 0.3) is 0 Å². The van der Waals surface area contributed by atoms with E-state index in [4.69, 9.17) is 0 Å². The Labute approximate surface area is 79.6 Å². The van der Waals surface area contributed by atoms with Gasteiger partial charge in [0.1, 0.15) is 0 Å². The molecule has 0 nitrogen and oxygen atoms in total. The Morgan fingerprint density at radius 1 is 1.11 bits per heavy atom. The molecule has 0 atom stereocenters. The van der Waals surface area contributed by atoms with Crippen LogP contribution in [0.5, 0.6) is 0 Å². The molecule has 1 aromatic rings. The molecule has 0 amide bonds. The number of hydrogen-bond acceptors (Lipinski definition) is 0. The molecule has 0 bridgehead atoms. The van der Waals surface area contributed by atoms with E-state index in [2.05, 4.69) is 53.8 Å². The van der Waals surface area contributed by atoms with Crippen molar-refractivity contribution < 1.29 is 0 Å². The summed E-state index contributed by atoms with van der Waals surface area (Å²) in [5, 5.41) is 0. The number of hydrogen-bond donors (Lipinski definition) is 0. The van der Waals surface area contributed by atoms with Gasteiger partial charge < -0.3 is 0 Å². The molecule has 0 aliphatic heterocycles. The van der Waals surface area contributed by atoms with E-state index in [1.807, 2.05) is 0 Å². The fourth-order valence-electron chi connectivity index (χ4n) is 0.533. The standard InChI is InChI=1S/C7H7I.BrH/c1-6-2-4-7(8)5-3-6;/h2-5H,1H3;1H. The Morgan fingerprint density at radius 3 is 1.89 bits per heavy atom. The summed E-state index contributed by atoms with van der Waals surface area (Å²) in [5.41, 5.74) is 1.32. The normalized spacial score (nSPS) is 8.22. The van der Waals surface area contributed by atoms with Crippen LogP contribution in [-0.2, 0) is 0 Å². The van der Waals surface area contributed by atoms with Crippen LogP contribution in [0.3, 0.4) is 0 Å². The zero-order valence-corrected chi connectivity index (χ0v) is 8.97. The van der Waals surface area contributed by atoms with Crippen LogP contribution in [0.15, 0.2) is 24.3 Å². The minimum atomic E-state index is 0. The van der Waals surface area contributed by atoms with Crippen molar-refractivity contribution in [1.29, 1.82) is 0 Å². The molecule has 0 aliphatic rings. The molecule has 0 aromatic heterocycles. The largest absolute Gasteiger partial charge is 0.114 e. The SMILES string of the molecule is Br.Cc1ccc(I)cc1. The minimum Gasteiger partial charge on any atom is -0.114 e. The summed E-state index contributed by atoms with van der Waals surface area (Å²) in [6, 6.07) is 8.44. The lowest BCUT2D eigenvalue weighted by molar-refractivity contribution is 1.46. The molecule has 2 heteroatoms. The lowest BCUT2D eigenvalue weighted by Crippen LogP contribution is -1.69. The Hall–Kier alpha value is 0.430. The monoisotopic (exact) mass is 298 g/mol. The van der Waals surface area contributed by atoms with Crippen LogP contribution >= 0.6 is 39.6 Å². The average Bonchev–Trinajstić information content (AvgIpc) is 1.77. The molecular formula is C7H8BrI. The van der Waals surface area contributed by atoms with Crippen molar-refractivity contribution in [2.75, 3.05) is 0 Å². The van der Waals surface area contributed by atoms with Gasteiger partial charge in [-0.25, -0.2) is 0 Å². The molecule has 0 radical (unpaired) electrons. The van der Waals surface area contributed by atoms with Crippen LogP contribution in [-0.4, -0.2) is 0 Å². The van der Waals surface area contributed by atoms with Gasteiger partial charge >= 0.3 is 0 Å². The predicted octanol–water partition coefficient (Wildman–Crippen LogP) is 3.18. The van der Waals surface area contributed by atoms with Crippen LogP contribution in [0, 0.1) is 10.5 Å². The molecule has 0 heterocycles. The van der Waals surface area contributed by atoms with Gasteiger partial charge in [-0.3, -0.25) is 0 Å². The van der Waals surface area contributed by atoms with Crippen molar-refractivity contribution in [2.45, 2.75) is 6.92 Å². The summed E-state index contributed by atoms with van der Waals surface area (Å²) >= 11 is 2.30. The van der Waals surface area contributed by atoms with E-state index in [0.29, 0.717) is 0 Å². The molecular weight excluding hydrogens is 291 g/mol. The van der Waals surface area contributed by atoms with E-state index in [0.717, 1.165) is 0 Å². The average molecular weight is 299 g/mol. The number of benzene rings is 1. The van der Waals surface area contributed by atoms with Crippen LogP contribution < -0.4 is 0 Å². The summed E-state index contributed by atoms with van der Waals surface area (Å²) in [4.78, 5) is 0. The van der Waals surface area contributed by atoms with Crippen molar-refractivity contribution >= 4 is 39.6 Å². The Balaban J connectivity index is 0.000000640. The molecule has 9 heavy (non-hydrogen) atoms. The number of aryl methyl sites for hydroxylation is 1. The van der Waals surface area contributed by atoms with E-state index < -0.39 is 0 Å². The number of rotatable bonds is 0. The summed E-state index contributed by atoms with van der Waals surface area (Å²) < 4.78 is 1.30. The van der Waals surface area contributed by atoms with Crippen LogP contribution in [0.1, 0.15) is 5.56 Å². The number of halogens is 2. The summed E-state index contributed by atoms with van der Waals surface area (Å²) in [5.74, 6) is 0. The molecule has 0 aliphatic carbocycles. The second-order valence-corrected chi connectivity index (χ2v) is 3.04. The van der Waals surface area contributed by atoms with E-state index in [1.54, 1.807) is 0 Å². The van der Waals surface area contributed by atoms with E-state index >= 15 is 0 Å². The van der Waals surface area contributed by atoms with Gasteiger partial charge in [-0.15, -0.1) is 17.0 Å². The third-order valence-electron chi connectivity index (χ3n) is 1.01. The smallest absolute Gasteiger partial charge is 0.0130 e. The molecule has 0 fully saturated rings. The third kappa shape index (κ3) is 3.20. The second-order valence-electron chi connectivity index (χ2n) is 1.80. The van der Waals surface area contributed by atoms with Gasteiger partial charge in [-0.1, -0.05) is 17.7 Å². The van der Waals surface area contributed by atoms with Crippen molar-refractivity contribution in [3.63, 3.8) is 0 Å². The fourth-order valence-corrected chi connectivity index (χ4v) is 0.893. The quantitative estimate of drug-likeness (QED) is 0.645. The third-order valence-corrected chi connectivity index (χ3v) is 1.73. The van der Waals surface area contributed by atoms with Gasteiger partial charge in [0.15, 0.2) is 0 Å². The first-order valence-corrected chi connectivity index (χ1v) is 3.59. The summed E-state index contributed by atoms with van der Waals surface area (Å²) in [7, 11) is 0. The maximum absolute atomic E-state index is 2.30. The Kier molecular flexibility index (Phi) is 4.48. The first-order chi connectivity index (χ1) is 3.79. The van der Waals surface area contributed by atoms with Gasteiger partial charge in [-0.05, 0) is 41.6 Å². The highest BCUT2D eigenvalue weighted by Gasteiger charge is 1.81. The predicted molar refractivity (Wildman–Crippen MR) is 54.2 cm³/mol. The lowest BCUT2D eigenvalue weighted by Gasteiger charge is -1.88. The lowest BCUT2D eigenvalue weighted by atomic mass is 10.2. The van der Waals surface area contributed by atoms with Crippen LogP contribution in [0.4, 0.5) is 0 Å². The van der Waals surface area contributed by atoms with Gasteiger partial charge in [0, 0.05) is 3.57 Å². The summed E-state index contributed by atoms with van der Waals surface area (Å²) in [6.07, 6.45) is 0. The van der Waals surface area contributed by atoms with Gasteiger partial charge in [0.05, 0.1) is 0 Å². The molecule has 0 unspecified atom stereocenters. The van der Waals surface area contributed by atoms with Crippen molar-refractivity contribution in [2.24, 2.45) is 0 Å². The molecule has 50 valence electrons. The van der Waals surface area contributed by atoms with E-state index in [-0.39, 0.29) is 17.0 Å². The highest BCUT2D eigenvalue weighted by atomic mass is 127. The van der Waals surface area contributed by atoms with Crippen molar-refractivity contribution in [3.05, 3.63) is 33.4 Å². The first kappa shape index (κ1) is 9.43. The molecule has 0 saturated heterocycles. The maximum atomic E-state index is 2.30. The molecule has 0 saturated carbocycles. The molecule has 0 spiro atoms. The fraction of sp³-hybridized carbons (Fsp3) is 0.143. The van der Waals surface area contributed by atoms with Crippen LogP contribution in [0.2, 0.25) is 0 Å². The molecule has 1 rings (SSSR count). The van der Waals surface area contributed by atoms with Crippen LogP contribution in [0.25, 0.3) is 0 Å². The highest BCUT2D eigenvalue weighted by Crippen LogP contribution is 2.04. The van der Waals surface area contributed by atoms with Crippen molar-refractivity contribution in [1.82, 2.24) is 0 Å². The molecule has 0 N–H and O–H groups in total. The minimum absolute atomic E-state index is 0. The van der Waals surface area contributed by atoms with Gasteiger partial charge in [-0.2, -0.15) is 0 Å². The Morgan fingerprint density at radius 2 is 1.56 bits per heavy atom. The summed E-state index contributed by atoms with van der Waals surface area (Å²) in [6.45, 7) is 2.09. The topological polar surface area (TPSA) is 0 Å². The van der Waals surface area contributed by atoms with E-state index in [9.17, 15) is 0 Å². The van der Waals surface area contributed by atoms with E-state index in [1.165, 1.54) is 9.13 Å². The highest BCUT2D eigenvalue weighted by molar-refractivity contribution is 14.1. The maximum Gasteiger partial charge on any atom is 0.0130 e. The van der Waals surface area contributed by atoms with Crippen molar-refractivity contribution in [3.8, 4) is 0 Å². The Bertz CT molecular complexity index is 148. The van der Waals surface area contributed by atoms with Gasteiger partial charge in [0.2, 0.25) is 0 Å². The zero-order valence-electron chi connectivity index (χ0n) is 5.10. The second kappa shape index (κ2) is 4.28. The first-order valence-electron chi connectivity index (χ1n) is 2.51. The molecule has 1 aromatic carbocycles. The zero-order chi connectivity index (χ0) is 5.98.